The normalized spacial score (nSPS) is 15.3. The molecule has 0 unspecified atom stereocenters. The number of hydrogen-bond acceptors (Lipinski definition) is 4. The van der Waals surface area contributed by atoms with E-state index in [9.17, 15) is 9.59 Å². The Hall–Kier alpha value is -1.92. The lowest BCUT2D eigenvalue weighted by Gasteiger charge is -2.23. The van der Waals surface area contributed by atoms with Gasteiger partial charge in [0, 0.05) is 24.9 Å². The van der Waals surface area contributed by atoms with E-state index >= 15 is 0 Å². The number of hydrogen-bond donors (Lipinski definition) is 1. The molecule has 24 heavy (non-hydrogen) atoms. The molecule has 0 saturated carbocycles. The van der Waals surface area contributed by atoms with Crippen molar-refractivity contribution in [1.29, 1.82) is 0 Å². The first-order chi connectivity index (χ1) is 11.6. The first-order valence-corrected chi connectivity index (χ1v) is 9.18. The molecule has 1 fully saturated rings. The molecule has 1 aromatic carbocycles. The fraction of sp³-hybridized carbons (Fsp3) is 0.353. The molecule has 0 aliphatic carbocycles. The summed E-state index contributed by atoms with van der Waals surface area (Å²) in [6.45, 7) is 1.49. The molecule has 1 saturated heterocycles. The summed E-state index contributed by atoms with van der Waals surface area (Å²) in [5.41, 5.74) is 2.90. The van der Waals surface area contributed by atoms with Crippen LogP contribution in [0.15, 0.2) is 35.2 Å². The average Bonchev–Trinajstić information content (AvgIpc) is 3.27. The molecule has 1 atom stereocenters. The van der Waals surface area contributed by atoms with Crippen LogP contribution in [0.4, 0.5) is 0 Å². The Morgan fingerprint density at radius 1 is 1.29 bits per heavy atom. The summed E-state index contributed by atoms with van der Waals surface area (Å²) in [4.78, 5) is 31.4. The predicted molar refractivity (Wildman–Crippen MR) is 94.3 cm³/mol. The second-order valence-corrected chi connectivity index (χ2v) is 6.85. The summed E-state index contributed by atoms with van der Waals surface area (Å²) in [6.07, 6.45) is 2.40. The number of thiazole rings is 1. The second-order valence-electron chi connectivity index (χ2n) is 5.72. The lowest BCUT2D eigenvalue weighted by molar-refractivity contribution is -0.132. The first-order valence-electron chi connectivity index (χ1n) is 7.86. The van der Waals surface area contributed by atoms with Crippen molar-refractivity contribution in [2.45, 2.75) is 25.3 Å². The Bertz CT molecular complexity index is 714. The van der Waals surface area contributed by atoms with Gasteiger partial charge in [-0.3, -0.25) is 9.59 Å². The average molecular weight is 364 g/mol. The molecule has 1 aromatic heterocycles. The molecular formula is C17H18ClN3O2S. The van der Waals surface area contributed by atoms with Crippen LogP contribution in [-0.2, 0) is 11.2 Å². The number of amides is 2. The quantitative estimate of drug-likeness (QED) is 0.888. The monoisotopic (exact) mass is 363 g/mol. The summed E-state index contributed by atoms with van der Waals surface area (Å²) in [6, 6.07) is 6.19. The molecule has 2 amide bonds. The van der Waals surface area contributed by atoms with Gasteiger partial charge in [-0.2, -0.15) is 0 Å². The van der Waals surface area contributed by atoms with E-state index in [4.69, 9.17) is 11.6 Å². The molecule has 2 aromatic rings. The summed E-state index contributed by atoms with van der Waals surface area (Å²) in [5.74, 6) is -0.394. The van der Waals surface area contributed by atoms with Crippen LogP contribution in [-0.4, -0.2) is 40.8 Å². The van der Waals surface area contributed by atoms with Gasteiger partial charge in [0.05, 0.1) is 21.8 Å². The molecule has 3 rings (SSSR count). The molecular weight excluding hydrogens is 346 g/mol. The number of aromatic nitrogens is 1. The molecule has 1 aliphatic rings. The van der Waals surface area contributed by atoms with Crippen LogP contribution in [0.3, 0.4) is 0 Å². The van der Waals surface area contributed by atoms with Crippen LogP contribution in [0, 0.1) is 0 Å². The van der Waals surface area contributed by atoms with Gasteiger partial charge in [0.2, 0.25) is 5.91 Å². The van der Waals surface area contributed by atoms with Crippen LogP contribution >= 0.6 is 22.9 Å². The maximum absolute atomic E-state index is 12.8. The highest BCUT2D eigenvalue weighted by Crippen LogP contribution is 2.17. The molecule has 5 nitrogen and oxygen atoms in total. The van der Waals surface area contributed by atoms with Crippen LogP contribution in [0.2, 0.25) is 5.02 Å². The molecule has 0 bridgehead atoms. The Morgan fingerprint density at radius 3 is 2.71 bits per heavy atom. The molecule has 1 N–H and O–H groups in total. The summed E-state index contributed by atoms with van der Waals surface area (Å²) < 4.78 is 0. The van der Waals surface area contributed by atoms with Crippen molar-refractivity contribution in [2.75, 3.05) is 13.1 Å². The maximum Gasteiger partial charge on any atom is 0.253 e. The maximum atomic E-state index is 12.8. The van der Waals surface area contributed by atoms with E-state index in [1.54, 1.807) is 29.8 Å². The van der Waals surface area contributed by atoms with Gasteiger partial charge in [0.25, 0.3) is 5.91 Å². The van der Waals surface area contributed by atoms with E-state index < -0.39 is 6.04 Å². The van der Waals surface area contributed by atoms with Gasteiger partial charge < -0.3 is 10.2 Å². The van der Waals surface area contributed by atoms with Gasteiger partial charge in [-0.05, 0) is 25.0 Å². The van der Waals surface area contributed by atoms with Crippen molar-refractivity contribution in [1.82, 2.24) is 15.2 Å². The smallest absolute Gasteiger partial charge is 0.253 e. The lowest BCUT2D eigenvalue weighted by atomic mass is 10.1. The Balaban J connectivity index is 1.77. The minimum atomic E-state index is -0.631. The molecule has 0 radical (unpaired) electrons. The highest BCUT2D eigenvalue weighted by molar-refractivity contribution is 7.07. The van der Waals surface area contributed by atoms with Crippen molar-refractivity contribution < 1.29 is 9.59 Å². The summed E-state index contributed by atoms with van der Waals surface area (Å²) in [5, 5.41) is 5.11. The third kappa shape index (κ3) is 3.94. The van der Waals surface area contributed by atoms with Gasteiger partial charge in [-0.25, -0.2) is 4.98 Å². The summed E-state index contributed by atoms with van der Waals surface area (Å²) >= 11 is 7.56. The van der Waals surface area contributed by atoms with Crippen LogP contribution in [0.25, 0.3) is 0 Å². The minimum Gasteiger partial charge on any atom is -0.341 e. The fourth-order valence-corrected chi connectivity index (χ4v) is 3.58. The van der Waals surface area contributed by atoms with Crippen LogP contribution in [0.5, 0.6) is 0 Å². The number of nitrogens with zero attached hydrogens (tertiary/aromatic N) is 2. The van der Waals surface area contributed by atoms with Gasteiger partial charge >= 0.3 is 0 Å². The molecule has 2 heterocycles. The van der Waals surface area contributed by atoms with E-state index in [0.717, 1.165) is 31.6 Å². The zero-order chi connectivity index (χ0) is 16.9. The topological polar surface area (TPSA) is 62.3 Å². The predicted octanol–water partition coefficient (Wildman–Crippen LogP) is 2.76. The van der Waals surface area contributed by atoms with Crippen LogP contribution in [0.1, 0.15) is 28.9 Å². The van der Waals surface area contributed by atoms with E-state index in [2.05, 4.69) is 10.3 Å². The van der Waals surface area contributed by atoms with E-state index in [1.165, 1.54) is 11.3 Å². The molecule has 7 heteroatoms. The Morgan fingerprint density at radius 2 is 2.04 bits per heavy atom. The summed E-state index contributed by atoms with van der Waals surface area (Å²) in [7, 11) is 0. The highest BCUT2D eigenvalue weighted by Gasteiger charge is 2.29. The number of nitrogens with one attached hydrogen (secondary N) is 1. The highest BCUT2D eigenvalue weighted by atomic mass is 35.5. The van der Waals surface area contributed by atoms with Crippen LogP contribution < -0.4 is 5.32 Å². The van der Waals surface area contributed by atoms with Crippen molar-refractivity contribution >= 4 is 34.8 Å². The molecule has 1 aliphatic heterocycles. The number of halogens is 1. The number of benzene rings is 1. The molecule has 0 spiro atoms. The Kier molecular flexibility index (Phi) is 5.48. The second kappa shape index (κ2) is 7.77. The minimum absolute atomic E-state index is 0.0547. The van der Waals surface area contributed by atoms with Gasteiger partial charge in [0.1, 0.15) is 6.04 Å². The van der Waals surface area contributed by atoms with E-state index in [-0.39, 0.29) is 11.8 Å². The Labute approximate surface area is 149 Å². The molecule has 126 valence electrons. The third-order valence-electron chi connectivity index (χ3n) is 4.04. The largest absolute Gasteiger partial charge is 0.341 e. The third-order valence-corrected chi connectivity index (χ3v) is 5.00. The van der Waals surface area contributed by atoms with Crippen molar-refractivity contribution in [3.8, 4) is 0 Å². The van der Waals surface area contributed by atoms with Crippen molar-refractivity contribution in [2.24, 2.45) is 0 Å². The number of carbonyl (C=O) groups is 2. The number of carbonyl (C=O) groups excluding carboxylic acids is 2. The van der Waals surface area contributed by atoms with Crippen molar-refractivity contribution in [3.05, 3.63) is 51.4 Å². The zero-order valence-corrected chi connectivity index (χ0v) is 14.6. The zero-order valence-electron chi connectivity index (χ0n) is 13.1. The van der Waals surface area contributed by atoms with E-state index in [0.29, 0.717) is 17.0 Å². The van der Waals surface area contributed by atoms with E-state index in [1.807, 2.05) is 10.3 Å². The number of rotatable bonds is 5. The first kappa shape index (κ1) is 16.9. The SMILES string of the molecule is O=C(N[C@@H](Cc1cscn1)C(=O)N1CCCC1)c1ccccc1Cl. The van der Waals surface area contributed by atoms with Gasteiger partial charge in [0.15, 0.2) is 0 Å². The number of likely N-dealkylation sites (tertiary alicyclic amines) is 1. The lowest BCUT2D eigenvalue weighted by Crippen LogP contribution is -2.49. The standard InChI is InChI=1S/C17H18ClN3O2S/c18-14-6-2-1-5-13(14)16(22)20-15(9-12-10-24-11-19-12)17(23)21-7-3-4-8-21/h1-2,5-6,10-11,15H,3-4,7-9H2,(H,20,22)/t15-/m0/s1. The van der Waals surface area contributed by atoms with Crippen molar-refractivity contribution in [3.63, 3.8) is 0 Å². The fourth-order valence-electron chi connectivity index (χ4n) is 2.79. The van der Waals surface area contributed by atoms with Gasteiger partial charge in [-0.15, -0.1) is 11.3 Å². The van der Waals surface area contributed by atoms with Gasteiger partial charge in [-0.1, -0.05) is 23.7 Å².